The molecule has 1 unspecified atom stereocenters. The molecule has 5 nitrogen and oxygen atoms in total. The molecule has 1 atom stereocenters. The first-order chi connectivity index (χ1) is 7.04. The maximum atomic E-state index is 11.4. The van der Waals surface area contributed by atoms with Gasteiger partial charge in [-0.2, -0.15) is 0 Å². The van der Waals surface area contributed by atoms with Gasteiger partial charge in [-0.3, -0.25) is 0 Å². The van der Waals surface area contributed by atoms with Gasteiger partial charge in [0.05, 0.1) is 7.11 Å². The minimum atomic E-state index is -0.394. The predicted molar refractivity (Wildman–Crippen MR) is 61.9 cm³/mol. The molecule has 1 heterocycles. The van der Waals surface area contributed by atoms with Gasteiger partial charge in [0.1, 0.15) is 6.04 Å². The molecule has 0 radical (unpaired) electrons. The van der Waals surface area contributed by atoms with Crippen molar-refractivity contribution in [1.29, 1.82) is 0 Å². The van der Waals surface area contributed by atoms with E-state index in [1.807, 2.05) is 13.8 Å². The van der Waals surface area contributed by atoms with Crippen LogP contribution >= 0.6 is 27.3 Å². The lowest BCUT2D eigenvalue weighted by Crippen LogP contribution is -2.35. The first kappa shape index (κ1) is 12.4. The summed E-state index contributed by atoms with van der Waals surface area (Å²) in [5.41, 5.74) is 0. The molecule has 84 valence electrons. The van der Waals surface area contributed by atoms with Crippen LogP contribution in [0.5, 0.6) is 0 Å². The minimum absolute atomic E-state index is 0.125. The monoisotopic (exact) mass is 293 g/mol. The standard InChI is InChI=1S/C8H12BrN3O2S/c1-4(2)5(6(13)14-3)10-8-12-11-7(9)15-8/h4-5H,1-3H3,(H,10,12). The molecule has 1 rings (SSSR count). The summed E-state index contributed by atoms with van der Waals surface area (Å²) in [5, 5.41) is 11.2. The zero-order valence-electron chi connectivity index (χ0n) is 8.65. The fourth-order valence-corrected chi connectivity index (χ4v) is 2.07. The molecule has 0 saturated heterocycles. The summed E-state index contributed by atoms with van der Waals surface area (Å²) in [6, 6.07) is -0.394. The Hall–Kier alpha value is -0.690. The highest BCUT2D eigenvalue weighted by molar-refractivity contribution is 9.11. The lowest BCUT2D eigenvalue weighted by atomic mass is 10.1. The number of ether oxygens (including phenoxy) is 1. The van der Waals surface area contributed by atoms with Crippen LogP contribution in [-0.2, 0) is 9.53 Å². The average Bonchev–Trinajstić information content (AvgIpc) is 2.59. The number of aromatic nitrogens is 2. The average molecular weight is 294 g/mol. The van der Waals surface area contributed by atoms with Crippen molar-refractivity contribution in [3.05, 3.63) is 3.92 Å². The minimum Gasteiger partial charge on any atom is -0.467 e. The third kappa shape index (κ3) is 3.42. The lowest BCUT2D eigenvalue weighted by Gasteiger charge is -2.18. The first-order valence-corrected chi connectivity index (χ1v) is 5.99. The number of rotatable bonds is 4. The summed E-state index contributed by atoms with van der Waals surface area (Å²) in [6.07, 6.45) is 0. The van der Waals surface area contributed by atoms with Gasteiger partial charge in [0.2, 0.25) is 5.13 Å². The molecule has 1 aromatic heterocycles. The van der Waals surface area contributed by atoms with Crippen molar-refractivity contribution in [3.8, 4) is 0 Å². The van der Waals surface area contributed by atoms with Gasteiger partial charge in [-0.1, -0.05) is 25.2 Å². The van der Waals surface area contributed by atoms with Crippen molar-refractivity contribution in [2.45, 2.75) is 19.9 Å². The maximum absolute atomic E-state index is 11.4. The van der Waals surface area contributed by atoms with Crippen molar-refractivity contribution in [3.63, 3.8) is 0 Å². The van der Waals surface area contributed by atoms with E-state index < -0.39 is 6.04 Å². The number of nitrogens with zero attached hydrogens (tertiary/aromatic N) is 2. The summed E-state index contributed by atoms with van der Waals surface area (Å²) in [7, 11) is 1.37. The quantitative estimate of drug-likeness (QED) is 0.859. The van der Waals surface area contributed by atoms with E-state index in [4.69, 9.17) is 4.74 Å². The van der Waals surface area contributed by atoms with Crippen LogP contribution in [-0.4, -0.2) is 29.3 Å². The molecule has 0 spiro atoms. The van der Waals surface area contributed by atoms with Crippen molar-refractivity contribution in [2.24, 2.45) is 5.92 Å². The third-order valence-corrected chi connectivity index (χ3v) is 3.09. The highest BCUT2D eigenvalue weighted by Gasteiger charge is 2.23. The Balaban J connectivity index is 2.71. The third-order valence-electron chi connectivity index (χ3n) is 1.80. The second-order valence-electron chi connectivity index (χ2n) is 3.25. The normalized spacial score (nSPS) is 12.6. The van der Waals surface area contributed by atoms with Gasteiger partial charge >= 0.3 is 5.97 Å². The molecule has 7 heteroatoms. The van der Waals surface area contributed by atoms with Crippen LogP contribution in [0.4, 0.5) is 5.13 Å². The lowest BCUT2D eigenvalue weighted by molar-refractivity contribution is -0.142. The zero-order chi connectivity index (χ0) is 11.4. The molecule has 15 heavy (non-hydrogen) atoms. The van der Waals surface area contributed by atoms with Crippen LogP contribution in [0.25, 0.3) is 0 Å². The van der Waals surface area contributed by atoms with Crippen molar-refractivity contribution in [1.82, 2.24) is 10.2 Å². The summed E-state index contributed by atoms with van der Waals surface area (Å²) in [6.45, 7) is 3.87. The van der Waals surface area contributed by atoms with E-state index in [0.29, 0.717) is 9.05 Å². The van der Waals surface area contributed by atoms with Crippen molar-refractivity contribution in [2.75, 3.05) is 12.4 Å². The molecule has 0 aromatic carbocycles. The Morgan fingerprint density at radius 1 is 1.53 bits per heavy atom. The van der Waals surface area contributed by atoms with Gasteiger partial charge in [0.15, 0.2) is 3.92 Å². The molecule has 0 amide bonds. The van der Waals surface area contributed by atoms with Gasteiger partial charge in [-0.15, -0.1) is 10.2 Å². The van der Waals surface area contributed by atoms with Gasteiger partial charge in [-0.05, 0) is 21.8 Å². The number of carbonyl (C=O) groups is 1. The second-order valence-corrected chi connectivity index (χ2v) is 5.50. The first-order valence-electron chi connectivity index (χ1n) is 4.38. The van der Waals surface area contributed by atoms with Crippen LogP contribution in [0.3, 0.4) is 0 Å². The van der Waals surface area contributed by atoms with E-state index in [1.165, 1.54) is 18.4 Å². The van der Waals surface area contributed by atoms with Gasteiger partial charge in [-0.25, -0.2) is 4.79 Å². The van der Waals surface area contributed by atoms with Crippen LogP contribution < -0.4 is 5.32 Å². The summed E-state index contributed by atoms with van der Waals surface area (Å²) >= 11 is 4.54. The number of hydrogen-bond donors (Lipinski definition) is 1. The van der Waals surface area contributed by atoms with Crippen LogP contribution in [0.2, 0.25) is 0 Å². The number of halogens is 1. The van der Waals surface area contributed by atoms with E-state index >= 15 is 0 Å². The van der Waals surface area contributed by atoms with Gasteiger partial charge in [0.25, 0.3) is 0 Å². The van der Waals surface area contributed by atoms with Crippen LogP contribution in [0.15, 0.2) is 3.92 Å². The number of anilines is 1. The number of hydrogen-bond acceptors (Lipinski definition) is 6. The molecular weight excluding hydrogens is 282 g/mol. The Kier molecular flexibility index (Phi) is 4.46. The Morgan fingerprint density at radius 2 is 2.20 bits per heavy atom. The Labute approximate surface area is 100 Å². The number of esters is 1. The molecular formula is C8H12BrN3O2S. The Bertz CT molecular complexity index is 342. The number of nitrogens with one attached hydrogen (secondary N) is 1. The predicted octanol–water partition coefficient (Wildman–Crippen LogP) is 1.91. The maximum Gasteiger partial charge on any atom is 0.328 e. The van der Waals surface area contributed by atoms with Crippen LogP contribution in [0, 0.1) is 5.92 Å². The number of carbonyl (C=O) groups excluding carboxylic acids is 1. The van der Waals surface area contributed by atoms with E-state index in [0.717, 1.165) is 0 Å². The molecule has 0 bridgehead atoms. The van der Waals surface area contributed by atoms with Crippen molar-refractivity contribution >= 4 is 38.4 Å². The highest BCUT2D eigenvalue weighted by Crippen LogP contribution is 2.22. The summed E-state index contributed by atoms with van der Waals surface area (Å²) < 4.78 is 5.37. The topological polar surface area (TPSA) is 64.1 Å². The molecule has 0 aliphatic heterocycles. The summed E-state index contributed by atoms with van der Waals surface area (Å²) in [5.74, 6) is -0.170. The van der Waals surface area contributed by atoms with E-state index in [9.17, 15) is 4.79 Å². The Morgan fingerprint density at radius 3 is 2.60 bits per heavy atom. The molecule has 0 fully saturated rings. The van der Waals surface area contributed by atoms with E-state index in [-0.39, 0.29) is 11.9 Å². The molecule has 1 N–H and O–H groups in total. The van der Waals surface area contributed by atoms with Crippen LogP contribution in [0.1, 0.15) is 13.8 Å². The largest absolute Gasteiger partial charge is 0.467 e. The van der Waals surface area contributed by atoms with E-state index in [2.05, 4.69) is 31.4 Å². The fourth-order valence-electron chi connectivity index (χ4n) is 1.02. The molecule has 1 aromatic rings. The molecule has 0 saturated carbocycles. The zero-order valence-corrected chi connectivity index (χ0v) is 11.1. The van der Waals surface area contributed by atoms with Gasteiger partial charge in [0, 0.05) is 0 Å². The molecule has 0 aliphatic rings. The SMILES string of the molecule is COC(=O)C(Nc1nnc(Br)s1)C(C)C. The van der Waals surface area contributed by atoms with E-state index in [1.54, 1.807) is 0 Å². The summed E-state index contributed by atoms with van der Waals surface area (Å²) in [4.78, 5) is 11.4. The number of methoxy groups -OCH3 is 1. The smallest absolute Gasteiger partial charge is 0.328 e. The fraction of sp³-hybridized carbons (Fsp3) is 0.625. The second kappa shape index (κ2) is 5.41. The van der Waals surface area contributed by atoms with Gasteiger partial charge < -0.3 is 10.1 Å². The highest BCUT2D eigenvalue weighted by atomic mass is 79.9. The van der Waals surface area contributed by atoms with Crippen molar-refractivity contribution < 1.29 is 9.53 Å². The molecule has 0 aliphatic carbocycles.